The Morgan fingerprint density at radius 3 is 0.896 bits per heavy atom. The van der Waals surface area contributed by atoms with Gasteiger partial charge in [-0.1, -0.05) is 45.4 Å². The Balaban J connectivity index is 3.09. The van der Waals surface area contributed by atoms with E-state index in [1.807, 2.05) is 0 Å². The molecule has 288 valence electrons. The smallest absolute Gasteiger partial charge is 0.305 e. The minimum atomic E-state index is -0.477. The molecule has 0 saturated heterocycles. The van der Waals surface area contributed by atoms with Crippen LogP contribution in [0.15, 0.2) is 0 Å². The molecule has 0 aliphatic heterocycles. The average Bonchev–Trinajstić information content (AvgIpc) is 3.09. The van der Waals surface area contributed by atoms with E-state index >= 15 is 0 Å². The van der Waals surface area contributed by atoms with Crippen LogP contribution < -0.4 is 0 Å². The fourth-order valence-corrected chi connectivity index (χ4v) is 3.87. The van der Waals surface area contributed by atoms with Crippen molar-refractivity contribution in [2.24, 2.45) is 0 Å². The molecule has 48 heavy (non-hydrogen) atoms. The number of carbonyl (C=O) groups excluding carboxylic acids is 1. The number of carbonyl (C=O) groups is 1. The highest BCUT2D eigenvalue weighted by atomic mass is 19.1. The number of esters is 1. The van der Waals surface area contributed by atoms with Gasteiger partial charge in [-0.2, -0.15) is 0 Å². The van der Waals surface area contributed by atoms with Crippen LogP contribution in [0.1, 0.15) is 58.3 Å². The number of rotatable bonds is 43. The number of unbranched alkanes of at least 4 members (excludes halogenated alkanes) is 6. The largest absolute Gasteiger partial charge is 0.463 e. The third kappa shape index (κ3) is 43.0. The molecule has 0 amide bonds. The Morgan fingerprint density at radius 2 is 0.604 bits per heavy atom. The SMILES string of the molecule is CCCCCCCCCC(=O)OCCOCCOCCOCCOCCOCCOCCOCCOCCOCCOCCOCCF. The van der Waals surface area contributed by atoms with Crippen molar-refractivity contribution in [1.82, 2.24) is 0 Å². The normalized spacial score (nSPS) is 11.5. The van der Waals surface area contributed by atoms with Crippen LogP contribution in [0.25, 0.3) is 0 Å². The van der Waals surface area contributed by atoms with Gasteiger partial charge in [-0.15, -0.1) is 0 Å². The van der Waals surface area contributed by atoms with Crippen molar-refractivity contribution in [3.63, 3.8) is 0 Å². The van der Waals surface area contributed by atoms with E-state index in [9.17, 15) is 9.18 Å². The van der Waals surface area contributed by atoms with Crippen molar-refractivity contribution >= 4 is 5.97 Å². The Bertz CT molecular complexity index is 607. The molecule has 0 N–H and O–H groups in total. The maximum absolute atomic E-state index is 11.8. The standard InChI is InChI=1S/C34H67FO13/c1-2-3-4-5-6-7-8-9-34(36)48-33-32-47-31-30-46-29-28-45-27-26-44-25-24-43-23-22-42-21-20-41-19-18-40-17-16-39-15-14-38-13-12-37-11-10-35/h2-33H2,1H3. The highest BCUT2D eigenvalue weighted by molar-refractivity contribution is 5.69. The first-order chi connectivity index (χ1) is 23.8. The predicted octanol–water partition coefficient (Wildman–Crippen LogP) is 3.82. The van der Waals surface area contributed by atoms with Gasteiger partial charge in [0, 0.05) is 6.42 Å². The number of ether oxygens (including phenoxy) is 12. The van der Waals surface area contributed by atoms with Crippen molar-refractivity contribution in [3.8, 4) is 0 Å². The second kappa shape index (κ2) is 44.0. The second-order valence-corrected chi connectivity index (χ2v) is 10.5. The molecule has 0 aromatic heterocycles. The summed E-state index contributed by atoms with van der Waals surface area (Å²) in [5.74, 6) is -0.144. The highest BCUT2D eigenvalue weighted by Gasteiger charge is 2.03. The predicted molar refractivity (Wildman–Crippen MR) is 179 cm³/mol. The van der Waals surface area contributed by atoms with E-state index in [0.29, 0.717) is 145 Å². The van der Waals surface area contributed by atoms with Gasteiger partial charge in [0.1, 0.15) is 13.3 Å². The maximum Gasteiger partial charge on any atom is 0.305 e. The van der Waals surface area contributed by atoms with Crippen LogP contribution in [0.2, 0.25) is 0 Å². The van der Waals surface area contributed by atoms with E-state index in [1.165, 1.54) is 32.1 Å². The molecule has 0 aliphatic carbocycles. The number of halogens is 1. The van der Waals surface area contributed by atoms with Crippen molar-refractivity contribution in [2.75, 3.05) is 159 Å². The molecule has 0 fully saturated rings. The summed E-state index contributed by atoms with van der Waals surface area (Å²) in [6.07, 6.45) is 8.77. The van der Waals surface area contributed by atoms with Crippen LogP contribution in [0.3, 0.4) is 0 Å². The first kappa shape index (κ1) is 47.0. The number of hydrogen-bond donors (Lipinski definition) is 0. The van der Waals surface area contributed by atoms with Gasteiger partial charge in [-0.05, 0) is 6.42 Å². The number of hydrogen-bond acceptors (Lipinski definition) is 13. The Kier molecular flexibility index (Phi) is 43.0. The molecule has 0 saturated carbocycles. The molecule has 0 atom stereocenters. The first-order valence-electron chi connectivity index (χ1n) is 17.9. The lowest BCUT2D eigenvalue weighted by atomic mass is 10.1. The molecule has 0 rings (SSSR count). The molecule has 0 bridgehead atoms. The Labute approximate surface area is 288 Å². The topological polar surface area (TPSA) is 128 Å². The fourth-order valence-electron chi connectivity index (χ4n) is 3.87. The van der Waals surface area contributed by atoms with Gasteiger partial charge >= 0.3 is 5.97 Å². The van der Waals surface area contributed by atoms with Crippen LogP contribution in [0, 0.1) is 0 Å². The van der Waals surface area contributed by atoms with Gasteiger partial charge in [-0.25, -0.2) is 4.39 Å². The summed E-state index contributed by atoms with van der Waals surface area (Å²) < 4.78 is 76.3. The fraction of sp³-hybridized carbons (Fsp3) is 0.971. The number of alkyl halides is 1. The van der Waals surface area contributed by atoms with Crippen LogP contribution in [-0.2, 0) is 61.6 Å². The van der Waals surface area contributed by atoms with E-state index in [0.717, 1.165) is 12.8 Å². The summed E-state index contributed by atoms with van der Waals surface area (Å²) in [5.41, 5.74) is 0. The summed E-state index contributed by atoms with van der Waals surface area (Å²) in [5, 5.41) is 0. The molecule has 0 spiro atoms. The molecule has 0 unspecified atom stereocenters. The van der Waals surface area contributed by atoms with Gasteiger partial charge < -0.3 is 56.8 Å². The Hall–Kier alpha value is -1.04. The zero-order valence-electron chi connectivity index (χ0n) is 29.8. The summed E-state index contributed by atoms with van der Waals surface area (Å²) >= 11 is 0. The molecule has 0 aromatic carbocycles. The zero-order chi connectivity index (χ0) is 34.7. The first-order valence-corrected chi connectivity index (χ1v) is 17.9. The van der Waals surface area contributed by atoms with E-state index in [2.05, 4.69) is 6.92 Å². The van der Waals surface area contributed by atoms with E-state index in [-0.39, 0.29) is 19.2 Å². The molecular formula is C34H67FO13. The van der Waals surface area contributed by atoms with E-state index < -0.39 is 6.67 Å². The lowest BCUT2D eigenvalue weighted by Crippen LogP contribution is -2.15. The highest BCUT2D eigenvalue weighted by Crippen LogP contribution is 2.08. The van der Waals surface area contributed by atoms with Gasteiger partial charge in [-0.3, -0.25) is 4.79 Å². The van der Waals surface area contributed by atoms with Crippen LogP contribution in [-0.4, -0.2) is 165 Å². The van der Waals surface area contributed by atoms with Crippen LogP contribution >= 0.6 is 0 Å². The van der Waals surface area contributed by atoms with Gasteiger partial charge in [0.2, 0.25) is 0 Å². The lowest BCUT2D eigenvalue weighted by Gasteiger charge is -2.09. The molecular weight excluding hydrogens is 635 g/mol. The van der Waals surface area contributed by atoms with Crippen molar-refractivity contribution in [2.45, 2.75) is 58.3 Å². The lowest BCUT2D eigenvalue weighted by molar-refractivity contribution is -0.145. The van der Waals surface area contributed by atoms with Gasteiger partial charge in [0.15, 0.2) is 0 Å². The third-order valence-corrected chi connectivity index (χ3v) is 6.42. The minimum Gasteiger partial charge on any atom is -0.463 e. The molecule has 13 nitrogen and oxygen atoms in total. The summed E-state index contributed by atoms with van der Waals surface area (Å²) in [4.78, 5) is 11.7. The van der Waals surface area contributed by atoms with Gasteiger partial charge in [0.25, 0.3) is 0 Å². The van der Waals surface area contributed by atoms with E-state index in [4.69, 9.17) is 56.8 Å². The third-order valence-electron chi connectivity index (χ3n) is 6.42. The van der Waals surface area contributed by atoms with Gasteiger partial charge in [0.05, 0.1) is 145 Å². The zero-order valence-corrected chi connectivity index (χ0v) is 29.8. The summed E-state index contributed by atoms with van der Waals surface area (Å²) in [6, 6.07) is 0. The van der Waals surface area contributed by atoms with Crippen LogP contribution in [0.4, 0.5) is 4.39 Å². The molecule has 0 aliphatic rings. The van der Waals surface area contributed by atoms with E-state index in [1.54, 1.807) is 0 Å². The average molecular weight is 703 g/mol. The van der Waals surface area contributed by atoms with Crippen LogP contribution in [0.5, 0.6) is 0 Å². The van der Waals surface area contributed by atoms with Crippen molar-refractivity contribution in [3.05, 3.63) is 0 Å². The molecule has 14 heteroatoms. The van der Waals surface area contributed by atoms with Crippen molar-refractivity contribution in [1.29, 1.82) is 0 Å². The maximum atomic E-state index is 11.8. The minimum absolute atomic E-state index is 0.111. The van der Waals surface area contributed by atoms with Crippen molar-refractivity contribution < 1.29 is 66.0 Å². The molecule has 0 aromatic rings. The quantitative estimate of drug-likeness (QED) is 0.0676. The summed E-state index contributed by atoms with van der Waals surface area (Å²) in [7, 11) is 0. The molecule has 0 heterocycles. The molecule has 0 radical (unpaired) electrons. The monoisotopic (exact) mass is 702 g/mol. The second-order valence-electron chi connectivity index (χ2n) is 10.5. The Morgan fingerprint density at radius 1 is 0.354 bits per heavy atom. The summed E-state index contributed by atoms with van der Waals surface area (Å²) in [6.45, 7) is 12.0.